The van der Waals surface area contributed by atoms with Gasteiger partial charge in [0.05, 0.1) is 5.69 Å². The molecule has 0 bridgehead atoms. The molecule has 1 aliphatic heterocycles. The number of benzene rings is 1. The molecule has 1 aromatic carbocycles. The van der Waals surface area contributed by atoms with Gasteiger partial charge in [0.25, 0.3) is 0 Å². The Bertz CT molecular complexity index is 1090. The second-order valence-corrected chi connectivity index (χ2v) is 11.8. The summed E-state index contributed by atoms with van der Waals surface area (Å²) in [4.78, 5) is 50.9. The van der Waals surface area contributed by atoms with E-state index in [1.165, 1.54) is 4.90 Å². The molecule has 0 radical (unpaired) electrons. The predicted molar refractivity (Wildman–Crippen MR) is 154 cm³/mol. The first-order valence-corrected chi connectivity index (χ1v) is 14.1. The molecular formula is C30H45N3O8. The maximum atomic E-state index is 13.6. The fraction of sp³-hybridized carbons (Fsp3) is 0.633. The van der Waals surface area contributed by atoms with Crippen molar-refractivity contribution >= 4 is 29.6 Å². The molecular weight excluding hydrogens is 530 g/mol. The highest BCUT2D eigenvalue weighted by Crippen LogP contribution is 2.31. The van der Waals surface area contributed by atoms with E-state index in [1.54, 1.807) is 71.7 Å². The Morgan fingerprint density at radius 2 is 1.76 bits per heavy atom. The van der Waals surface area contributed by atoms with Crippen LogP contribution in [0.1, 0.15) is 80.6 Å². The molecule has 2 atom stereocenters. The van der Waals surface area contributed by atoms with Gasteiger partial charge in [0.1, 0.15) is 54.0 Å². The van der Waals surface area contributed by atoms with Gasteiger partial charge in [-0.2, -0.15) is 0 Å². The predicted octanol–water partition coefficient (Wildman–Crippen LogP) is 4.27. The SMILES string of the molecule is CCO[C@@H](CCCCCC(=C=O)NC(=O)OC(C)(C)C)N[C@H]1COc2ccccc2N(CC(=O)OC(C)(C)C)C1=O. The van der Waals surface area contributed by atoms with Crippen LogP contribution in [0.25, 0.3) is 0 Å². The minimum Gasteiger partial charge on any atom is -0.489 e. The van der Waals surface area contributed by atoms with Crippen LogP contribution in [0.15, 0.2) is 30.0 Å². The molecule has 0 saturated heterocycles. The molecule has 2 N–H and O–H groups in total. The second kappa shape index (κ2) is 15.6. The van der Waals surface area contributed by atoms with Crippen LogP contribution in [0.3, 0.4) is 0 Å². The minimum atomic E-state index is -0.760. The summed E-state index contributed by atoms with van der Waals surface area (Å²) in [6.45, 7) is 12.7. The summed E-state index contributed by atoms with van der Waals surface area (Å²) >= 11 is 0. The third kappa shape index (κ3) is 12.3. The van der Waals surface area contributed by atoms with Crippen molar-refractivity contribution in [3.8, 4) is 5.75 Å². The molecule has 1 aromatic rings. The van der Waals surface area contributed by atoms with Gasteiger partial charge < -0.3 is 18.9 Å². The van der Waals surface area contributed by atoms with Crippen LogP contribution in [0.2, 0.25) is 0 Å². The molecule has 1 aliphatic rings. The van der Waals surface area contributed by atoms with Gasteiger partial charge in [-0.25, -0.2) is 9.59 Å². The number of alkyl carbamates (subject to hydrolysis) is 1. The molecule has 2 amide bonds. The lowest BCUT2D eigenvalue weighted by Gasteiger charge is -2.28. The summed E-state index contributed by atoms with van der Waals surface area (Å²) < 4.78 is 22.5. The van der Waals surface area contributed by atoms with Crippen LogP contribution >= 0.6 is 0 Å². The number of fused-ring (bicyclic) bond motifs is 1. The average Bonchev–Trinajstić information content (AvgIpc) is 2.98. The first-order valence-electron chi connectivity index (χ1n) is 14.1. The fourth-order valence-corrected chi connectivity index (χ4v) is 4.15. The monoisotopic (exact) mass is 575 g/mol. The van der Waals surface area contributed by atoms with Gasteiger partial charge in [-0.1, -0.05) is 18.6 Å². The smallest absolute Gasteiger partial charge is 0.412 e. The van der Waals surface area contributed by atoms with Crippen molar-refractivity contribution < 1.29 is 38.1 Å². The van der Waals surface area contributed by atoms with Gasteiger partial charge in [0.15, 0.2) is 0 Å². The molecule has 1 heterocycles. The Morgan fingerprint density at radius 1 is 1.07 bits per heavy atom. The molecule has 0 spiro atoms. The third-order valence-corrected chi connectivity index (χ3v) is 5.76. The number of nitrogens with one attached hydrogen (secondary N) is 2. The summed E-state index contributed by atoms with van der Waals surface area (Å²) in [5, 5.41) is 5.71. The van der Waals surface area contributed by atoms with E-state index in [4.69, 9.17) is 18.9 Å². The number of allylic oxidation sites excluding steroid dienone is 1. The highest BCUT2D eigenvalue weighted by molar-refractivity contribution is 6.02. The first-order chi connectivity index (χ1) is 19.2. The number of anilines is 1. The number of esters is 1. The Balaban J connectivity index is 1.97. The minimum absolute atomic E-state index is 0.0636. The van der Waals surface area contributed by atoms with Crippen molar-refractivity contribution in [2.24, 2.45) is 0 Å². The molecule has 41 heavy (non-hydrogen) atoms. The second-order valence-electron chi connectivity index (χ2n) is 11.8. The summed E-state index contributed by atoms with van der Waals surface area (Å²) in [6, 6.07) is 6.32. The molecule has 2 rings (SSSR count). The zero-order chi connectivity index (χ0) is 30.6. The molecule has 228 valence electrons. The van der Waals surface area contributed by atoms with Gasteiger partial charge in [-0.15, -0.1) is 0 Å². The quantitative estimate of drug-likeness (QED) is 0.153. The maximum Gasteiger partial charge on any atom is 0.412 e. The number of unbranched alkanes of at least 4 members (excludes halogenated alkanes) is 2. The van der Waals surface area contributed by atoms with Gasteiger partial charge in [0, 0.05) is 6.61 Å². The molecule has 0 saturated carbocycles. The molecule has 0 unspecified atom stereocenters. The number of carbonyl (C=O) groups excluding carboxylic acids is 4. The Labute approximate surface area is 242 Å². The van der Waals surface area contributed by atoms with Gasteiger partial charge in [-0.3, -0.25) is 25.1 Å². The van der Waals surface area contributed by atoms with E-state index in [1.807, 2.05) is 6.92 Å². The molecule has 0 aromatic heterocycles. The third-order valence-electron chi connectivity index (χ3n) is 5.76. The zero-order valence-corrected chi connectivity index (χ0v) is 25.3. The number of ether oxygens (including phenoxy) is 4. The number of amides is 2. The van der Waals surface area contributed by atoms with Crippen molar-refractivity contribution in [3.05, 3.63) is 30.0 Å². The van der Waals surface area contributed by atoms with E-state index in [9.17, 15) is 19.2 Å². The highest BCUT2D eigenvalue weighted by atomic mass is 16.6. The first kappa shape index (κ1) is 33.8. The molecule has 11 nitrogen and oxygen atoms in total. The lowest BCUT2D eigenvalue weighted by atomic mass is 10.1. The Morgan fingerprint density at radius 3 is 2.39 bits per heavy atom. The van der Waals surface area contributed by atoms with Gasteiger partial charge in [-0.05, 0) is 86.3 Å². The van der Waals surface area contributed by atoms with Crippen LogP contribution < -0.4 is 20.3 Å². The van der Waals surface area contributed by atoms with E-state index in [0.29, 0.717) is 37.3 Å². The number of para-hydroxylation sites is 2. The van der Waals surface area contributed by atoms with E-state index >= 15 is 0 Å². The van der Waals surface area contributed by atoms with E-state index in [0.717, 1.165) is 12.8 Å². The van der Waals surface area contributed by atoms with Crippen LogP contribution in [0, 0.1) is 0 Å². The van der Waals surface area contributed by atoms with Crippen molar-refractivity contribution in [3.63, 3.8) is 0 Å². The summed E-state index contributed by atoms with van der Waals surface area (Å²) in [6.07, 6.45) is 1.94. The van der Waals surface area contributed by atoms with Crippen LogP contribution in [-0.4, -0.2) is 67.1 Å². The van der Waals surface area contributed by atoms with Gasteiger partial charge >= 0.3 is 12.1 Å². The number of nitrogens with zero attached hydrogens (tertiary/aromatic N) is 1. The average molecular weight is 576 g/mol. The Hall–Kier alpha value is -3.40. The summed E-state index contributed by atoms with van der Waals surface area (Å²) in [5.74, 6) is 1.43. The highest BCUT2D eigenvalue weighted by Gasteiger charge is 2.35. The lowest BCUT2D eigenvalue weighted by molar-refractivity contribution is -0.153. The lowest BCUT2D eigenvalue weighted by Crippen LogP contribution is -2.53. The van der Waals surface area contributed by atoms with E-state index in [-0.39, 0.29) is 24.8 Å². The normalized spacial score (nSPS) is 16.0. The van der Waals surface area contributed by atoms with Crippen molar-refractivity contribution in [1.82, 2.24) is 10.6 Å². The maximum absolute atomic E-state index is 13.6. The van der Waals surface area contributed by atoms with E-state index < -0.39 is 35.5 Å². The van der Waals surface area contributed by atoms with Crippen LogP contribution in [0.4, 0.5) is 10.5 Å². The van der Waals surface area contributed by atoms with Crippen LogP contribution in [-0.2, 0) is 28.6 Å². The van der Waals surface area contributed by atoms with Crippen molar-refractivity contribution in [1.29, 1.82) is 0 Å². The fourth-order valence-electron chi connectivity index (χ4n) is 4.15. The van der Waals surface area contributed by atoms with Crippen LogP contribution in [0.5, 0.6) is 5.75 Å². The van der Waals surface area contributed by atoms with E-state index in [2.05, 4.69) is 10.6 Å². The summed E-state index contributed by atoms with van der Waals surface area (Å²) in [7, 11) is 0. The standard InChI is InChI=1S/C30H45N3O8/c1-8-38-25(17-11-9-10-14-21(19-34)31-28(37)41-30(5,6)7)32-22-20-39-24-16-13-12-15-23(24)33(27(22)36)18-26(35)40-29(2,3)4/h12-13,15-16,22,25,32H,8-11,14,17-18,20H2,1-7H3,(H,31,37)/t22-,25-/m0/s1. The van der Waals surface area contributed by atoms with Gasteiger partial charge in [0.2, 0.25) is 5.91 Å². The molecule has 0 aliphatic carbocycles. The zero-order valence-electron chi connectivity index (χ0n) is 25.3. The number of rotatable bonds is 13. The molecule has 11 heteroatoms. The number of carbonyl (C=O) groups is 3. The topological polar surface area (TPSA) is 132 Å². The number of hydrogen-bond acceptors (Lipinski definition) is 9. The molecule has 0 fully saturated rings. The van der Waals surface area contributed by atoms with Crippen molar-refractivity contribution in [2.75, 3.05) is 24.7 Å². The summed E-state index contributed by atoms with van der Waals surface area (Å²) in [5.41, 5.74) is -0.712. The Kier molecular flexibility index (Phi) is 12.8. The number of hydrogen-bond donors (Lipinski definition) is 2. The largest absolute Gasteiger partial charge is 0.489 e. The van der Waals surface area contributed by atoms with Crippen molar-refractivity contribution in [2.45, 2.75) is 104 Å².